The maximum Gasteiger partial charge on any atom is 0.0659 e. The van der Waals surface area contributed by atoms with E-state index in [0.29, 0.717) is 0 Å². The molecule has 5 rings (SSSR count). The van der Waals surface area contributed by atoms with Gasteiger partial charge < -0.3 is 9.97 Å². The smallest absolute Gasteiger partial charge is 0.0659 e. The number of hydrogen-bond acceptors (Lipinski definition) is 2. The zero-order chi connectivity index (χ0) is 15.9. The molecule has 0 saturated heterocycles. The van der Waals surface area contributed by atoms with Crippen LogP contribution in [0, 0.1) is 0 Å². The minimum Gasteiger partial charge on any atom is -0.355 e. The van der Waals surface area contributed by atoms with Crippen LogP contribution in [0.3, 0.4) is 0 Å². The molecule has 2 aliphatic rings. The second-order valence-electron chi connectivity index (χ2n) is 5.91. The van der Waals surface area contributed by atoms with Gasteiger partial charge in [0.15, 0.2) is 0 Å². The predicted molar refractivity (Wildman–Crippen MR) is 98.9 cm³/mol. The number of H-pyrrole nitrogens is 2. The number of aromatic nitrogens is 4. The number of hydrogen-bond donors (Lipinski definition) is 2. The van der Waals surface area contributed by atoms with E-state index in [9.17, 15) is 0 Å². The maximum atomic E-state index is 4.62. The molecule has 6 heteroatoms. The van der Waals surface area contributed by atoms with E-state index in [0.717, 1.165) is 44.8 Å². The molecule has 0 fully saturated rings. The zero-order valence-electron chi connectivity index (χ0n) is 13.5. The molecule has 0 aliphatic carbocycles. The van der Waals surface area contributed by atoms with Crippen LogP contribution in [0.5, 0.6) is 0 Å². The summed E-state index contributed by atoms with van der Waals surface area (Å²) in [6, 6.07) is 16.4. The number of rotatable bonds is 0. The first-order valence-electron chi connectivity index (χ1n) is 7.85. The molecule has 2 N–H and O–H groups in total. The quantitative estimate of drug-likeness (QED) is 0.352. The SMILES string of the molecule is C1=Cc2cc3ccc(cc4ccc(cc5nc(cc1n2)C=C5)[nH]4)[nH]3.[Cu].[Fe]. The van der Waals surface area contributed by atoms with E-state index >= 15 is 0 Å². The van der Waals surface area contributed by atoms with E-state index in [2.05, 4.69) is 50.3 Å². The van der Waals surface area contributed by atoms with Gasteiger partial charge in [-0.15, -0.1) is 0 Å². The van der Waals surface area contributed by atoms with Gasteiger partial charge in [-0.25, -0.2) is 9.97 Å². The van der Waals surface area contributed by atoms with Gasteiger partial charge in [-0.05, 0) is 72.8 Å². The molecule has 5 heterocycles. The summed E-state index contributed by atoms with van der Waals surface area (Å²) in [5.74, 6) is 0. The van der Waals surface area contributed by atoms with Crippen LogP contribution in [-0.2, 0) is 34.1 Å². The van der Waals surface area contributed by atoms with Crippen LogP contribution in [0.1, 0.15) is 22.8 Å². The van der Waals surface area contributed by atoms with Crippen molar-refractivity contribution >= 4 is 46.4 Å². The van der Waals surface area contributed by atoms with Gasteiger partial charge in [0.05, 0.1) is 22.8 Å². The molecule has 4 nitrogen and oxygen atoms in total. The molecule has 2 aliphatic heterocycles. The van der Waals surface area contributed by atoms with Gasteiger partial charge in [0.25, 0.3) is 0 Å². The van der Waals surface area contributed by atoms with E-state index < -0.39 is 0 Å². The molecular weight excluding hydrogens is 416 g/mol. The molecular formula is C20H14CuFeN4. The average Bonchev–Trinajstić information content (AvgIpc) is 3.32. The average molecular weight is 430 g/mol. The molecule has 133 valence electrons. The standard InChI is InChI=1S/C20H14N4.Cu.Fe/c1-2-14-10-16-5-6-18(23-16)12-20-8-7-19(24-20)11-17-4-3-15(22-17)9-13(1)21-14;;/h1-12,21-22H;;. The summed E-state index contributed by atoms with van der Waals surface area (Å²) in [5.41, 5.74) is 7.86. The van der Waals surface area contributed by atoms with Gasteiger partial charge in [0.1, 0.15) is 0 Å². The monoisotopic (exact) mass is 429 g/mol. The maximum absolute atomic E-state index is 4.62. The zero-order valence-corrected chi connectivity index (χ0v) is 15.5. The largest absolute Gasteiger partial charge is 0.355 e. The Bertz CT molecular complexity index is 1080. The summed E-state index contributed by atoms with van der Waals surface area (Å²) < 4.78 is 0. The third-order valence-electron chi connectivity index (χ3n) is 4.04. The summed E-state index contributed by atoms with van der Waals surface area (Å²) in [6.45, 7) is 0. The van der Waals surface area contributed by atoms with Gasteiger partial charge >= 0.3 is 0 Å². The van der Waals surface area contributed by atoms with Crippen LogP contribution < -0.4 is 0 Å². The van der Waals surface area contributed by atoms with Crippen LogP contribution in [0.4, 0.5) is 0 Å². The van der Waals surface area contributed by atoms with Gasteiger partial charge in [-0.3, -0.25) is 0 Å². The van der Waals surface area contributed by atoms with Crippen molar-refractivity contribution in [3.05, 3.63) is 71.3 Å². The van der Waals surface area contributed by atoms with Crippen molar-refractivity contribution in [1.82, 2.24) is 19.9 Å². The molecule has 26 heavy (non-hydrogen) atoms. The van der Waals surface area contributed by atoms with E-state index in [1.54, 1.807) is 0 Å². The summed E-state index contributed by atoms with van der Waals surface area (Å²) in [4.78, 5) is 16.0. The fourth-order valence-corrected chi connectivity index (χ4v) is 2.94. The van der Waals surface area contributed by atoms with Crippen LogP contribution in [0.15, 0.2) is 48.5 Å². The first-order valence-corrected chi connectivity index (χ1v) is 7.85. The summed E-state index contributed by atoms with van der Waals surface area (Å²) >= 11 is 0. The van der Waals surface area contributed by atoms with Crippen LogP contribution in [0.2, 0.25) is 0 Å². The molecule has 1 radical (unpaired) electrons. The Balaban J connectivity index is 0.000000980. The molecule has 0 saturated carbocycles. The Hall–Kier alpha value is -2.36. The van der Waals surface area contributed by atoms with Crippen molar-refractivity contribution in [2.75, 3.05) is 0 Å². The van der Waals surface area contributed by atoms with Crippen molar-refractivity contribution in [2.24, 2.45) is 0 Å². The Morgan fingerprint density at radius 2 is 0.846 bits per heavy atom. The van der Waals surface area contributed by atoms with Crippen LogP contribution in [0.25, 0.3) is 46.4 Å². The van der Waals surface area contributed by atoms with E-state index in [4.69, 9.17) is 0 Å². The Kier molecular flexibility index (Phi) is 5.30. The number of fused-ring (bicyclic) bond motifs is 8. The van der Waals surface area contributed by atoms with E-state index in [1.807, 2.05) is 42.5 Å². The summed E-state index contributed by atoms with van der Waals surface area (Å²) in [6.07, 6.45) is 8.05. The van der Waals surface area contributed by atoms with Crippen molar-refractivity contribution in [1.29, 1.82) is 0 Å². The normalized spacial score (nSPS) is 11.7. The predicted octanol–water partition coefficient (Wildman–Crippen LogP) is 4.65. The topological polar surface area (TPSA) is 57.4 Å². The van der Waals surface area contributed by atoms with Crippen molar-refractivity contribution in [3.8, 4) is 0 Å². The molecule has 0 amide bonds. The third-order valence-corrected chi connectivity index (χ3v) is 4.04. The van der Waals surface area contributed by atoms with Crippen molar-refractivity contribution in [3.63, 3.8) is 0 Å². The third kappa shape index (κ3) is 3.74. The minimum absolute atomic E-state index is 0. The molecule has 3 aromatic rings. The van der Waals surface area contributed by atoms with Gasteiger partial charge in [-0.1, -0.05) is 0 Å². The van der Waals surface area contributed by atoms with Crippen molar-refractivity contribution < 1.29 is 34.1 Å². The molecule has 8 bridgehead atoms. The Morgan fingerprint density at radius 3 is 1.27 bits per heavy atom. The van der Waals surface area contributed by atoms with Crippen molar-refractivity contribution in [2.45, 2.75) is 0 Å². The summed E-state index contributed by atoms with van der Waals surface area (Å²) in [5, 5.41) is 0. The van der Waals surface area contributed by atoms with Crippen LogP contribution in [-0.4, -0.2) is 19.9 Å². The van der Waals surface area contributed by atoms with Gasteiger partial charge in [0.2, 0.25) is 0 Å². The second-order valence-corrected chi connectivity index (χ2v) is 5.91. The molecule has 0 aromatic carbocycles. The number of nitrogens with zero attached hydrogens (tertiary/aromatic N) is 2. The molecule has 0 atom stereocenters. The van der Waals surface area contributed by atoms with Crippen LogP contribution >= 0.6 is 0 Å². The molecule has 0 spiro atoms. The Morgan fingerprint density at radius 1 is 0.500 bits per heavy atom. The van der Waals surface area contributed by atoms with E-state index in [-0.39, 0.29) is 34.1 Å². The van der Waals surface area contributed by atoms with Gasteiger partial charge in [-0.2, -0.15) is 0 Å². The van der Waals surface area contributed by atoms with Gasteiger partial charge in [0, 0.05) is 56.2 Å². The number of aromatic amines is 2. The van der Waals surface area contributed by atoms with E-state index in [1.165, 1.54) is 0 Å². The Labute approximate surface area is 171 Å². The number of nitrogens with one attached hydrogen (secondary N) is 2. The minimum atomic E-state index is 0. The molecule has 0 unspecified atom stereocenters. The fraction of sp³-hybridized carbons (Fsp3) is 0. The second kappa shape index (κ2) is 7.48. The first-order chi connectivity index (χ1) is 11.8. The molecule has 3 aromatic heterocycles. The summed E-state index contributed by atoms with van der Waals surface area (Å²) in [7, 11) is 0. The first kappa shape index (κ1) is 18.4. The fourth-order valence-electron chi connectivity index (χ4n) is 2.94.